The first-order valence-electron chi connectivity index (χ1n) is 10.3. The third-order valence-electron chi connectivity index (χ3n) is 5.31. The van der Waals surface area contributed by atoms with Crippen LogP contribution < -0.4 is 16.0 Å². The van der Waals surface area contributed by atoms with Gasteiger partial charge in [0.05, 0.1) is 18.2 Å². The molecule has 0 radical (unpaired) electrons. The zero-order valence-corrected chi connectivity index (χ0v) is 18.6. The lowest BCUT2D eigenvalue weighted by Crippen LogP contribution is -2.44. The zero-order chi connectivity index (χ0) is 22.7. The van der Waals surface area contributed by atoms with Crippen LogP contribution in [0.1, 0.15) is 31.0 Å². The van der Waals surface area contributed by atoms with Gasteiger partial charge in [0, 0.05) is 19.3 Å². The maximum atomic E-state index is 13.5. The highest BCUT2D eigenvalue weighted by Gasteiger charge is 2.22. The van der Waals surface area contributed by atoms with E-state index in [9.17, 15) is 14.4 Å². The van der Waals surface area contributed by atoms with Gasteiger partial charge in [-0.3, -0.25) is 9.59 Å². The van der Waals surface area contributed by atoms with Crippen LogP contribution in [0.15, 0.2) is 39.9 Å². The largest absolute Gasteiger partial charge is 0.495 e. The number of hydrogen-bond donors (Lipinski definition) is 0. The van der Waals surface area contributed by atoms with Crippen molar-refractivity contribution >= 4 is 16.9 Å². The average Bonchev–Trinajstić information content (AvgIpc) is 2.74. The van der Waals surface area contributed by atoms with E-state index in [0.29, 0.717) is 34.6 Å². The summed E-state index contributed by atoms with van der Waals surface area (Å²) >= 11 is 0. The Morgan fingerprint density at radius 1 is 1.19 bits per heavy atom. The zero-order valence-electron chi connectivity index (χ0n) is 18.6. The number of nitrogens with zero attached hydrogens (tertiary/aromatic N) is 4. The van der Waals surface area contributed by atoms with Crippen molar-refractivity contribution in [1.82, 2.24) is 19.0 Å². The molecule has 0 aliphatic carbocycles. The number of carbonyl (C=O) groups excluding carboxylic acids is 1. The highest BCUT2D eigenvalue weighted by molar-refractivity contribution is 5.81. The standard InChI is InChI=1S/C23H28N4O4/c1-6-7-12-25(4)19(28)14-26-22(29)20-15(2)13-16(3)24-21(20)27(23(26)30)17-10-8-9-11-18(17)31-5/h8-11,13H,6-7,12,14H2,1-5H3. The number of fused-ring (bicyclic) bond motifs is 1. The number of unbranched alkanes of at least 4 members (excludes halogenated alkanes) is 1. The number of aromatic nitrogens is 3. The number of methoxy groups -OCH3 is 1. The van der Waals surface area contributed by atoms with Gasteiger partial charge in [0.15, 0.2) is 5.65 Å². The van der Waals surface area contributed by atoms with Gasteiger partial charge in [-0.15, -0.1) is 0 Å². The summed E-state index contributed by atoms with van der Waals surface area (Å²) in [5.74, 6) is 0.166. The molecule has 0 atom stereocenters. The topological polar surface area (TPSA) is 86.4 Å². The molecule has 1 aromatic carbocycles. The minimum Gasteiger partial charge on any atom is -0.495 e. The summed E-state index contributed by atoms with van der Waals surface area (Å²) in [5.41, 5.74) is 0.931. The minimum atomic E-state index is -0.628. The molecule has 8 nitrogen and oxygen atoms in total. The van der Waals surface area contributed by atoms with E-state index in [1.54, 1.807) is 56.1 Å². The second kappa shape index (κ2) is 9.16. The normalized spacial score (nSPS) is 11.0. The fourth-order valence-corrected chi connectivity index (χ4v) is 3.62. The second-order valence-electron chi connectivity index (χ2n) is 7.63. The van der Waals surface area contributed by atoms with Crippen LogP contribution in [0.25, 0.3) is 16.7 Å². The van der Waals surface area contributed by atoms with Crippen molar-refractivity contribution in [3.05, 3.63) is 62.4 Å². The Kier molecular flexibility index (Phi) is 6.58. The molecule has 0 N–H and O–H groups in total. The van der Waals surface area contributed by atoms with Crippen LogP contribution in [0, 0.1) is 13.8 Å². The first-order chi connectivity index (χ1) is 14.8. The van der Waals surface area contributed by atoms with Crippen LogP contribution in [0.3, 0.4) is 0 Å². The van der Waals surface area contributed by atoms with E-state index >= 15 is 0 Å². The molecule has 2 heterocycles. The monoisotopic (exact) mass is 424 g/mol. The molecule has 3 rings (SSSR count). The van der Waals surface area contributed by atoms with Gasteiger partial charge in [0.1, 0.15) is 12.3 Å². The van der Waals surface area contributed by atoms with Crippen molar-refractivity contribution in [2.45, 2.75) is 40.2 Å². The number of pyridine rings is 1. The quantitative estimate of drug-likeness (QED) is 0.581. The summed E-state index contributed by atoms with van der Waals surface area (Å²) in [6, 6.07) is 8.82. The van der Waals surface area contributed by atoms with Gasteiger partial charge in [-0.25, -0.2) is 18.9 Å². The van der Waals surface area contributed by atoms with E-state index < -0.39 is 11.2 Å². The SMILES string of the molecule is CCCCN(C)C(=O)Cn1c(=O)c2c(C)cc(C)nc2n(-c2ccccc2OC)c1=O. The number of aryl methyl sites for hydroxylation is 2. The Bertz CT molecular complexity index is 1240. The highest BCUT2D eigenvalue weighted by Crippen LogP contribution is 2.24. The predicted octanol–water partition coefficient (Wildman–Crippen LogP) is 2.43. The Balaban J connectivity index is 2.32. The molecule has 0 spiro atoms. The molecule has 0 unspecified atom stereocenters. The Labute approximate surface area is 180 Å². The van der Waals surface area contributed by atoms with Crippen molar-refractivity contribution in [3.63, 3.8) is 0 Å². The van der Waals surface area contributed by atoms with E-state index in [2.05, 4.69) is 4.98 Å². The summed E-state index contributed by atoms with van der Waals surface area (Å²) in [4.78, 5) is 45.6. The molecule has 0 saturated heterocycles. The first-order valence-corrected chi connectivity index (χ1v) is 10.3. The summed E-state index contributed by atoms with van der Waals surface area (Å²) in [5, 5.41) is 0.306. The number of para-hydroxylation sites is 2. The molecule has 0 fully saturated rings. The van der Waals surface area contributed by atoms with Crippen molar-refractivity contribution in [2.24, 2.45) is 0 Å². The fraction of sp³-hybridized carbons (Fsp3) is 0.391. The van der Waals surface area contributed by atoms with Crippen LogP contribution >= 0.6 is 0 Å². The summed E-state index contributed by atoms with van der Waals surface area (Å²) in [6.07, 6.45) is 1.79. The van der Waals surface area contributed by atoms with Crippen molar-refractivity contribution in [1.29, 1.82) is 0 Å². The smallest absolute Gasteiger partial charge is 0.337 e. The molecule has 1 amide bonds. The number of hydrogen-bond acceptors (Lipinski definition) is 5. The van der Waals surface area contributed by atoms with Gasteiger partial charge in [-0.2, -0.15) is 0 Å². The van der Waals surface area contributed by atoms with Gasteiger partial charge in [-0.05, 0) is 44.0 Å². The number of ether oxygens (including phenoxy) is 1. The summed E-state index contributed by atoms with van der Waals surface area (Å²) in [6.45, 7) is 5.88. The molecular formula is C23H28N4O4. The molecule has 0 aliphatic rings. The predicted molar refractivity (Wildman–Crippen MR) is 120 cm³/mol. The molecule has 0 bridgehead atoms. The van der Waals surface area contributed by atoms with Crippen LogP contribution in [0.5, 0.6) is 5.75 Å². The minimum absolute atomic E-state index is 0.250. The number of amides is 1. The van der Waals surface area contributed by atoms with Crippen molar-refractivity contribution < 1.29 is 9.53 Å². The van der Waals surface area contributed by atoms with E-state index in [0.717, 1.165) is 17.4 Å². The fourth-order valence-electron chi connectivity index (χ4n) is 3.62. The maximum Gasteiger partial charge on any atom is 0.337 e. The van der Waals surface area contributed by atoms with E-state index in [1.807, 2.05) is 6.92 Å². The molecule has 0 aliphatic heterocycles. The van der Waals surface area contributed by atoms with Crippen LogP contribution in [0.4, 0.5) is 0 Å². The molecule has 31 heavy (non-hydrogen) atoms. The lowest BCUT2D eigenvalue weighted by molar-refractivity contribution is -0.130. The Hall–Kier alpha value is -3.42. The number of carbonyl (C=O) groups is 1. The molecule has 2 aromatic heterocycles. The summed E-state index contributed by atoms with van der Waals surface area (Å²) < 4.78 is 7.79. The molecule has 8 heteroatoms. The van der Waals surface area contributed by atoms with E-state index in [4.69, 9.17) is 4.74 Å². The van der Waals surface area contributed by atoms with E-state index in [-0.39, 0.29) is 18.1 Å². The van der Waals surface area contributed by atoms with Gasteiger partial charge < -0.3 is 9.64 Å². The molecular weight excluding hydrogens is 396 g/mol. The summed E-state index contributed by atoms with van der Waals surface area (Å²) in [7, 11) is 3.19. The van der Waals surface area contributed by atoms with Crippen LogP contribution in [-0.2, 0) is 11.3 Å². The van der Waals surface area contributed by atoms with Crippen LogP contribution in [0.2, 0.25) is 0 Å². The van der Waals surface area contributed by atoms with Crippen LogP contribution in [-0.4, -0.2) is 45.6 Å². The van der Waals surface area contributed by atoms with Gasteiger partial charge >= 0.3 is 5.69 Å². The van der Waals surface area contributed by atoms with Gasteiger partial charge in [0.2, 0.25) is 5.91 Å². The van der Waals surface area contributed by atoms with Crippen molar-refractivity contribution in [2.75, 3.05) is 20.7 Å². The van der Waals surface area contributed by atoms with Gasteiger partial charge in [0.25, 0.3) is 5.56 Å². The average molecular weight is 425 g/mol. The Morgan fingerprint density at radius 2 is 1.90 bits per heavy atom. The molecule has 3 aromatic rings. The van der Waals surface area contributed by atoms with Crippen molar-refractivity contribution in [3.8, 4) is 11.4 Å². The third-order valence-corrected chi connectivity index (χ3v) is 5.31. The highest BCUT2D eigenvalue weighted by atomic mass is 16.5. The van der Waals surface area contributed by atoms with Gasteiger partial charge in [-0.1, -0.05) is 25.5 Å². The lowest BCUT2D eigenvalue weighted by Gasteiger charge is -2.19. The third kappa shape index (κ3) is 4.23. The number of rotatable bonds is 7. The molecule has 164 valence electrons. The number of benzene rings is 1. The lowest BCUT2D eigenvalue weighted by atomic mass is 10.1. The first kappa shape index (κ1) is 22.3. The molecule has 0 saturated carbocycles. The maximum absolute atomic E-state index is 13.5. The Morgan fingerprint density at radius 3 is 2.58 bits per heavy atom. The second-order valence-corrected chi connectivity index (χ2v) is 7.63. The van der Waals surface area contributed by atoms with E-state index in [1.165, 1.54) is 11.7 Å². The number of likely N-dealkylation sites (N-methyl/N-ethyl adjacent to an activating group) is 1.